The van der Waals surface area contributed by atoms with Crippen LogP contribution in [0, 0.1) is 13.8 Å². The van der Waals surface area contributed by atoms with Crippen LogP contribution in [0.5, 0.6) is 11.5 Å². The highest BCUT2D eigenvalue weighted by Gasteiger charge is 2.25. The van der Waals surface area contributed by atoms with Crippen molar-refractivity contribution in [1.29, 1.82) is 0 Å². The molecule has 1 aliphatic rings. The van der Waals surface area contributed by atoms with E-state index >= 15 is 0 Å². The SMILES string of the molecule is CCN(C[C@@H]1COc2ccccc2O1)C(=O)Nc1nc(C)c(C)o1. The highest BCUT2D eigenvalue weighted by molar-refractivity contribution is 5.87. The molecule has 0 aliphatic carbocycles. The van der Waals surface area contributed by atoms with E-state index in [-0.39, 0.29) is 18.1 Å². The summed E-state index contributed by atoms with van der Waals surface area (Å²) in [5.41, 5.74) is 0.758. The number of hydrogen-bond donors (Lipinski definition) is 1. The number of ether oxygens (including phenoxy) is 2. The van der Waals surface area contributed by atoms with Gasteiger partial charge in [0, 0.05) is 6.54 Å². The number of rotatable bonds is 4. The average molecular weight is 331 g/mol. The maximum atomic E-state index is 12.4. The molecule has 7 heteroatoms. The second-order valence-electron chi connectivity index (χ2n) is 5.63. The van der Waals surface area contributed by atoms with Crippen LogP contribution >= 0.6 is 0 Å². The Labute approximate surface area is 140 Å². The first-order valence-electron chi connectivity index (χ1n) is 7.95. The van der Waals surface area contributed by atoms with Crippen molar-refractivity contribution in [2.24, 2.45) is 0 Å². The van der Waals surface area contributed by atoms with Gasteiger partial charge in [-0.1, -0.05) is 12.1 Å². The fraction of sp³-hybridized carbons (Fsp3) is 0.412. The number of para-hydroxylation sites is 2. The Balaban J connectivity index is 1.61. The number of nitrogens with one attached hydrogen (secondary N) is 1. The smallest absolute Gasteiger partial charge is 0.325 e. The Kier molecular flexibility index (Phi) is 4.59. The van der Waals surface area contributed by atoms with Gasteiger partial charge in [0.2, 0.25) is 0 Å². The molecule has 1 atom stereocenters. The van der Waals surface area contributed by atoms with Gasteiger partial charge >= 0.3 is 12.0 Å². The number of carbonyl (C=O) groups is 1. The lowest BCUT2D eigenvalue weighted by atomic mass is 10.2. The third kappa shape index (κ3) is 3.45. The minimum absolute atomic E-state index is 0.208. The molecule has 7 nitrogen and oxygen atoms in total. The molecule has 0 fully saturated rings. The molecule has 0 spiro atoms. The molecule has 0 saturated carbocycles. The van der Waals surface area contributed by atoms with Gasteiger partial charge in [0.15, 0.2) is 17.6 Å². The number of likely N-dealkylation sites (N-methyl/N-ethyl adjacent to an activating group) is 1. The number of aromatic nitrogens is 1. The molecule has 1 N–H and O–H groups in total. The number of urea groups is 1. The summed E-state index contributed by atoms with van der Waals surface area (Å²) in [5.74, 6) is 2.12. The molecule has 2 heterocycles. The van der Waals surface area contributed by atoms with E-state index in [0.29, 0.717) is 31.2 Å². The highest BCUT2D eigenvalue weighted by Crippen LogP contribution is 2.31. The van der Waals surface area contributed by atoms with Crippen LogP contribution < -0.4 is 14.8 Å². The van der Waals surface area contributed by atoms with E-state index in [4.69, 9.17) is 13.9 Å². The Morgan fingerprint density at radius 2 is 2.08 bits per heavy atom. The average Bonchev–Trinajstić information content (AvgIpc) is 2.89. The van der Waals surface area contributed by atoms with Crippen molar-refractivity contribution >= 4 is 12.0 Å². The summed E-state index contributed by atoms with van der Waals surface area (Å²) in [7, 11) is 0. The summed E-state index contributed by atoms with van der Waals surface area (Å²) < 4.78 is 17.0. The van der Waals surface area contributed by atoms with Crippen molar-refractivity contribution < 1.29 is 18.7 Å². The van der Waals surface area contributed by atoms with Crippen LogP contribution in [-0.4, -0.2) is 41.7 Å². The molecule has 128 valence electrons. The lowest BCUT2D eigenvalue weighted by Crippen LogP contribution is -2.45. The molecule has 24 heavy (non-hydrogen) atoms. The Bertz CT molecular complexity index is 709. The van der Waals surface area contributed by atoms with E-state index in [1.54, 1.807) is 11.8 Å². The number of amides is 2. The molecular weight excluding hydrogens is 310 g/mol. The maximum Gasteiger partial charge on any atom is 0.325 e. The van der Waals surface area contributed by atoms with Gasteiger partial charge in [0.05, 0.1) is 12.2 Å². The van der Waals surface area contributed by atoms with Crippen molar-refractivity contribution in [3.63, 3.8) is 0 Å². The van der Waals surface area contributed by atoms with E-state index in [0.717, 1.165) is 11.4 Å². The first kappa shape index (κ1) is 16.2. The molecule has 0 radical (unpaired) electrons. The first-order chi connectivity index (χ1) is 11.6. The summed E-state index contributed by atoms with van der Waals surface area (Å²) in [5, 5.41) is 2.68. The zero-order valence-corrected chi connectivity index (χ0v) is 14.0. The van der Waals surface area contributed by atoms with E-state index in [9.17, 15) is 4.79 Å². The van der Waals surface area contributed by atoms with E-state index in [1.807, 2.05) is 38.1 Å². The van der Waals surface area contributed by atoms with E-state index in [2.05, 4.69) is 10.3 Å². The monoisotopic (exact) mass is 331 g/mol. The van der Waals surface area contributed by atoms with Crippen LogP contribution in [0.25, 0.3) is 0 Å². The summed E-state index contributed by atoms with van der Waals surface area (Å²) in [6.07, 6.45) is -0.223. The molecule has 2 amide bonds. The number of aryl methyl sites for hydroxylation is 2. The van der Waals surface area contributed by atoms with Crippen molar-refractivity contribution in [1.82, 2.24) is 9.88 Å². The van der Waals surface area contributed by atoms with Crippen molar-refractivity contribution in [3.8, 4) is 11.5 Å². The van der Waals surface area contributed by atoms with Crippen LogP contribution in [0.3, 0.4) is 0 Å². The molecule has 0 bridgehead atoms. The number of nitrogens with zero attached hydrogens (tertiary/aromatic N) is 2. The summed E-state index contributed by atoms with van der Waals surface area (Å²) >= 11 is 0. The van der Waals surface area contributed by atoms with Crippen LogP contribution in [-0.2, 0) is 0 Å². The molecule has 0 unspecified atom stereocenters. The second-order valence-corrected chi connectivity index (χ2v) is 5.63. The molecule has 2 aromatic rings. The standard InChI is InChI=1S/C17H21N3O4/c1-4-20(17(21)19-16-18-11(2)12(3)23-16)9-13-10-22-14-7-5-6-8-15(14)24-13/h5-8,13H,4,9-10H2,1-3H3,(H,18,19,21)/t13-/m1/s1. The number of hydrogen-bond acceptors (Lipinski definition) is 5. The van der Waals surface area contributed by atoms with Gasteiger partial charge in [-0.05, 0) is 32.9 Å². The number of anilines is 1. The predicted molar refractivity (Wildman–Crippen MR) is 88.6 cm³/mol. The first-order valence-corrected chi connectivity index (χ1v) is 7.95. The Morgan fingerprint density at radius 3 is 2.75 bits per heavy atom. The molecule has 0 saturated heterocycles. The van der Waals surface area contributed by atoms with Gasteiger partial charge in [-0.15, -0.1) is 0 Å². The van der Waals surface area contributed by atoms with Gasteiger partial charge in [0.25, 0.3) is 0 Å². The molecule has 3 rings (SSSR count). The number of carbonyl (C=O) groups excluding carboxylic acids is 1. The summed E-state index contributed by atoms with van der Waals surface area (Å²) in [6.45, 7) is 6.89. The Hall–Kier alpha value is -2.70. The molecule has 1 aromatic heterocycles. The fourth-order valence-corrected chi connectivity index (χ4v) is 2.45. The lowest BCUT2D eigenvalue weighted by molar-refractivity contribution is 0.0692. The predicted octanol–water partition coefficient (Wildman–Crippen LogP) is 2.99. The van der Waals surface area contributed by atoms with Crippen molar-refractivity contribution in [2.45, 2.75) is 26.9 Å². The normalized spacial score (nSPS) is 15.9. The van der Waals surface area contributed by atoms with Crippen LogP contribution in [0.15, 0.2) is 28.7 Å². The van der Waals surface area contributed by atoms with Crippen LogP contribution in [0.1, 0.15) is 18.4 Å². The molecule has 1 aromatic carbocycles. The van der Waals surface area contributed by atoms with Crippen LogP contribution in [0.4, 0.5) is 10.8 Å². The zero-order chi connectivity index (χ0) is 17.1. The van der Waals surface area contributed by atoms with E-state index in [1.165, 1.54) is 0 Å². The fourth-order valence-electron chi connectivity index (χ4n) is 2.45. The van der Waals surface area contributed by atoms with Crippen LogP contribution in [0.2, 0.25) is 0 Å². The Morgan fingerprint density at radius 1 is 1.33 bits per heavy atom. The van der Waals surface area contributed by atoms with Gasteiger partial charge in [0.1, 0.15) is 12.4 Å². The number of oxazole rings is 1. The number of benzene rings is 1. The lowest BCUT2D eigenvalue weighted by Gasteiger charge is -2.30. The van der Waals surface area contributed by atoms with Crippen molar-refractivity contribution in [3.05, 3.63) is 35.7 Å². The van der Waals surface area contributed by atoms with Gasteiger partial charge in [-0.3, -0.25) is 5.32 Å². The van der Waals surface area contributed by atoms with Gasteiger partial charge in [-0.2, -0.15) is 4.98 Å². The topological polar surface area (TPSA) is 76.8 Å². The quantitative estimate of drug-likeness (QED) is 0.932. The third-order valence-corrected chi connectivity index (χ3v) is 3.90. The third-order valence-electron chi connectivity index (χ3n) is 3.90. The van der Waals surface area contributed by atoms with E-state index < -0.39 is 0 Å². The zero-order valence-electron chi connectivity index (χ0n) is 14.0. The molecule has 1 aliphatic heterocycles. The van der Waals surface area contributed by atoms with Gasteiger partial charge < -0.3 is 18.8 Å². The van der Waals surface area contributed by atoms with Crippen molar-refractivity contribution in [2.75, 3.05) is 25.0 Å². The largest absolute Gasteiger partial charge is 0.486 e. The second kappa shape index (κ2) is 6.82. The summed E-state index contributed by atoms with van der Waals surface area (Å²) in [4.78, 5) is 18.2. The number of fused-ring (bicyclic) bond motifs is 1. The molecular formula is C17H21N3O4. The summed E-state index contributed by atoms with van der Waals surface area (Å²) in [6, 6.07) is 7.44. The minimum Gasteiger partial charge on any atom is -0.486 e. The van der Waals surface area contributed by atoms with Gasteiger partial charge in [-0.25, -0.2) is 4.79 Å². The maximum absolute atomic E-state index is 12.4. The minimum atomic E-state index is -0.277. The highest BCUT2D eigenvalue weighted by atomic mass is 16.6.